The van der Waals surface area contributed by atoms with Crippen LogP contribution in [0, 0.1) is 0 Å². The molecule has 0 aliphatic rings. The Bertz CT molecular complexity index is 746. The van der Waals surface area contributed by atoms with Gasteiger partial charge < -0.3 is 14.0 Å². The molecule has 0 atom stereocenters. The van der Waals surface area contributed by atoms with Gasteiger partial charge in [0, 0.05) is 6.07 Å². The third kappa shape index (κ3) is 3.20. The van der Waals surface area contributed by atoms with Crippen molar-refractivity contribution in [2.45, 2.75) is 10.1 Å². The number of ether oxygens (including phenoxy) is 2. The molecule has 0 bridgehead atoms. The highest BCUT2D eigenvalue weighted by Gasteiger charge is 2.14. The van der Waals surface area contributed by atoms with Crippen molar-refractivity contribution in [1.82, 2.24) is 20.3 Å². The maximum atomic E-state index is 5.35. The van der Waals surface area contributed by atoms with Crippen LogP contribution in [0.5, 0.6) is 11.5 Å². The molecule has 0 N–H and O–H groups in total. The number of benzene rings is 1. The van der Waals surface area contributed by atoms with E-state index in [-0.39, 0.29) is 0 Å². The van der Waals surface area contributed by atoms with E-state index in [1.807, 2.05) is 12.1 Å². The van der Waals surface area contributed by atoms with Crippen LogP contribution in [-0.4, -0.2) is 34.6 Å². The van der Waals surface area contributed by atoms with Crippen LogP contribution in [0.1, 0.15) is 5.89 Å². The topological polar surface area (TPSA) is 83.2 Å². The summed E-state index contributed by atoms with van der Waals surface area (Å²) in [5.74, 6) is 2.88. The van der Waals surface area contributed by atoms with Gasteiger partial charge in [-0.25, -0.2) is 0 Å². The SMILES string of the molecule is COc1ccc(-c2noc(CSc3nncs3)n2)c(OC)c1. The van der Waals surface area contributed by atoms with Crippen molar-refractivity contribution < 1.29 is 14.0 Å². The van der Waals surface area contributed by atoms with Crippen molar-refractivity contribution >= 4 is 23.1 Å². The third-order valence-corrected chi connectivity index (χ3v) is 4.62. The molecule has 1 aromatic carbocycles. The molecule has 22 heavy (non-hydrogen) atoms. The average molecular weight is 336 g/mol. The summed E-state index contributed by atoms with van der Waals surface area (Å²) in [4.78, 5) is 4.38. The first-order valence-electron chi connectivity index (χ1n) is 6.24. The fraction of sp³-hybridized carbons (Fsp3) is 0.231. The number of aromatic nitrogens is 4. The highest BCUT2D eigenvalue weighted by Crippen LogP contribution is 2.32. The van der Waals surface area contributed by atoms with Crippen molar-refractivity contribution in [2.75, 3.05) is 14.2 Å². The van der Waals surface area contributed by atoms with Crippen molar-refractivity contribution in [3.63, 3.8) is 0 Å². The summed E-state index contributed by atoms with van der Waals surface area (Å²) in [6.45, 7) is 0. The quantitative estimate of drug-likeness (QED) is 0.635. The lowest BCUT2D eigenvalue weighted by Crippen LogP contribution is -1.91. The molecule has 2 aromatic heterocycles. The largest absolute Gasteiger partial charge is 0.497 e. The lowest BCUT2D eigenvalue weighted by Gasteiger charge is -2.07. The molecule has 3 rings (SSSR count). The van der Waals surface area contributed by atoms with E-state index in [1.54, 1.807) is 25.8 Å². The highest BCUT2D eigenvalue weighted by molar-refractivity contribution is 8.00. The Labute approximate surface area is 134 Å². The summed E-state index contributed by atoms with van der Waals surface area (Å²) in [5.41, 5.74) is 2.43. The van der Waals surface area contributed by atoms with Crippen LogP contribution in [0.2, 0.25) is 0 Å². The zero-order valence-electron chi connectivity index (χ0n) is 11.8. The van der Waals surface area contributed by atoms with Gasteiger partial charge >= 0.3 is 0 Å². The number of methoxy groups -OCH3 is 2. The predicted molar refractivity (Wildman–Crippen MR) is 82.3 cm³/mol. The summed E-state index contributed by atoms with van der Waals surface area (Å²) in [6, 6.07) is 5.44. The average Bonchev–Trinajstić information content (AvgIpc) is 3.23. The molecule has 0 spiro atoms. The van der Waals surface area contributed by atoms with E-state index in [4.69, 9.17) is 14.0 Å². The van der Waals surface area contributed by atoms with E-state index in [1.165, 1.54) is 23.1 Å². The molecule has 0 radical (unpaired) electrons. The molecule has 9 heteroatoms. The Kier molecular flexibility index (Phi) is 4.54. The first-order valence-corrected chi connectivity index (χ1v) is 8.10. The van der Waals surface area contributed by atoms with E-state index >= 15 is 0 Å². The lowest BCUT2D eigenvalue weighted by molar-refractivity contribution is 0.388. The van der Waals surface area contributed by atoms with E-state index in [0.29, 0.717) is 29.0 Å². The van der Waals surface area contributed by atoms with Crippen LogP contribution >= 0.6 is 23.1 Å². The van der Waals surface area contributed by atoms with Gasteiger partial charge in [-0.3, -0.25) is 0 Å². The van der Waals surface area contributed by atoms with Crippen LogP contribution in [0.15, 0.2) is 32.6 Å². The van der Waals surface area contributed by atoms with E-state index < -0.39 is 0 Å². The van der Waals surface area contributed by atoms with Crippen LogP contribution in [-0.2, 0) is 5.75 Å². The van der Waals surface area contributed by atoms with E-state index in [2.05, 4.69) is 20.3 Å². The number of hydrogen-bond donors (Lipinski definition) is 0. The molecule has 0 fully saturated rings. The zero-order valence-corrected chi connectivity index (χ0v) is 13.5. The monoisotopic (exact) mass is 336 g/mol. The third-order valence-electron chi connectivity index (χ3n) is 2.78. The van der Waals surface area contributed by atoms with Crippen molar-refractivity contribution in [3.05, 3.63) is 29.6 Å². The number of thioether (sulfide) groups is 1. The molecule has 0 amide bonds. The van der Waals surface area contributed by atoms with Gasteiger partial charge in [-0.15, -0.1) is 10.2 Å². The van der Waals surface area contributed by atoms with Gasteiger partial charge in [0.25, 0.3) is 0 Å². The molecular weight excluding hydrogens is 324 g/mol. The second-order valence-electron chi connectivity index (χ2n) is 4.07. The van der Waals surface area contributed by atoms with Crippen LogP contribution in [0.3, 0.4) is 0 Å². The van der Waals surface area contributed by atoms with Crippen LogP contribution in [0.25, 0.3) is 11.4 Å². The van der Waals surface area contributed by atoms with Gasteiger partial charge in [0.2, 0.25) is 11.7 Å². The van der Waals surface area contributed by atoms with Crippen LogP contribution < -0.4 is 9.47 Å². The Morgan fingerprint density at radius 2 is 2.18 bits per heavy atom. The molecule has 0 aliphatic heterocycles. The second-order valence-corrected chi connectivity index (χ2v) is 6.13. The minimum absolute atomic E-state index is 0.479. The molecule has 114 valence electrons. The Morgan fingerprint density at radius 1 is 1.27 bits per heavy atom. The number of hydrogen-bond acceptors (Lipinski definition) is 9. The molecule has 3 aromatic rings. The van der Waals surface area contributed by atoms with Crippen LogP contribution in [0.4, 0.5) is 0 Å². The summed E-state index contributed by atoms with van der Waals surface area (Å²) in [6.07, 6.45) is 0. The van der Waals surface area contributed by atoms with E-state index in [0.717, 1.165) is 9.90 Å². The minimum atomic E-state index is 0.479. The second kappa shape index (κ2) is 6.75. The molecule has 7 nitrogen and oxygen atoms in total. The maximum Gasteiger partial charge on any atom is 0.237 e. The fourth-order valence-corrected chi connectivity index (χ4v) is 3.08. The standard InChI is InChI=1S/C13H12N4O3S2/c1-18-8-3-4-9(10(5-8)19-2)12-15-11(20-17-12)6-21-13-16-14-7-22-13/h3-5,7H,6H2,1-2H3. The zero-order chi connectivity index (χ0) is 15.4. The summed E-state index contributed by atoms with van der Waals surface area (Å²) >= 11 is 2.97. The Hall–Kier alpha value is -2.13. The highest BCUT2D eigenvalue weighted by atomic mass is 32.2. The Balaban J connectivity index is 1.78. The van der Waals surface area contributed by atoms with Gasteiger partial charge in [0.15, 0.2) is 4.34 Å². The van der Waals surface area contributed by atoms with Crippen molar-refractivity contribution in [3.8, 4) is 22.9 Å². The molecule has 0 saturated carbocycles. The Morgan fingerprint density at radius 3 is 2.91 bits per heavy atom. The van der Waals surface area contributed by atoms with E-state index in [9.17, 15) is 0 Å². The lowest BCUT2D eigenvalue weighted by atomic mass is 10.2. The van der Waals surface area contributed by atoms with Crippen molar-refractivity contribution in [1.29, 1.82) is 0 Å². The summed E-state index contributed by atoms with van der Waals surface area (Å²) in [7, 11) is 3.19. The molecular formula is C13H12N4O3S2. The van der Waals surface area contributed by atoms with Gasteiger partial charge in [-0.05, 0) is 12.1 Å². The first-order chi connectivity index (χ1) is 10.8. The fourth-order valence-electron chi connectivity index (χ4n) is 1.76. The van der Waals surface area contributed by atoms with Gasteiger partial charge in [0.05, 0.1) is 25.5 Å². The molecule has 0 aliphatic carbocycles. The first kappa shape index (κ1) is 14.8. The van der Waals surface area contributed by atoms with Gasteiger partial charge in [0.1, 0.15) is 17.0 Å². The molecule has 0 saturated heterocycles. The molecule has 0 unspecified atom stereocenters. The van der Waals surface area contributed by atoms with Gasteiger partial charge in [-0.2, -0.15) is 4.98 Å². The summed E-state index contributed by atoms with van der Waals surface area (Å²) < 4.78 is 16.6. The number of rotatable bonds is 6. The summed E-state index contributed by atoms with van der Waals surface area (Å²) in [5, 5.41) is 11.7. The number of nitrogens with zero attached hydrogens (tertiary/aromatic N) is 4. The smallest absolute Gasteiger partial charge is 0.237 e. The predicted octanol–water partition coefficient (Wildman–Crippen LogP) is 2.90. The minimum Gasteiger partial charge on any atom is -0.497 e. The normalized spacial score (nSPS) is 10.6. The van der Waals surface area contributed by atoms with Gasteiger partial charge in [-0.1, -0.05) is 28.3 Å². The van der Waals surface area contributed by atoms with Crippen molar-refractivity contribution in [2.24, 2.45) is 0 Å². The maximum absolute atomic E-state index is 5.35. The molecule has 2 heterocycles.